The van der Waals surface area contributed by atoms with Gasteiger partial charge in [0, 0.05) is 5.56 Å². The van der Waals surface area contributed by atoms with Crippen LogP contribution in [-0.2, 0) is 4.79 Å². The van der Waals surface area contributed by atoms with E-state index in [9.17, 15) is 15.0 Å². The molecule has 1 unspecified atom stereocenters. The van der Waals surface area contributed by atoms with E-state index in [1.807, 2.05) is 0 Å². The van der Waals surface area contributed by atoms with Crippen molar-refractivity contribution in [2.24, 2.45) is 0 Å². The summed E-state index contributed by atoms with van der Waals surface area (Å²) >= 11 is 0. The fourth-order valence-corrected chi connectivity index (χ4v) is 1.93. The van der Waals surface area contributed by atoms with Crippen molar-refractivity contribution in [3.63, 3.8) is 0 Å². The summed E-state index contributed by atoms with van der Waals surface area (Å²) in [7, 11) is 1.54. The van der Waals surface area contributed by atoms with Gasteiger partial charge in [-0.25, -0.2) is 4.79 Å². The highest BCUT2D eigenvalue weighted by atomic mass is 16.5. The quantitative estimate of drug-likeness (QED) is 0.884. The highest BCUT2D eigenvalue weighted by Crippen LogP contribution is 2.28. The Hall–Kier alpha value is -2.69. The third-order valence-corrected chi connectivity index (χ3v) is 3.05. The maximum atomic E-state index is 11.4. The Labute approximate surface area is 122 Å². The predicted octanol–water partition coefficient (Wildman–Crippen LogP) is 2.91. The number of phenolic OH excluding ortho intramolecular Hbond substituents is 1. The number of hydrogen-bond acceptors (Lipinski definition) is 4. The minimum atomic E-state index is -1.13. The molecule has 2 N–H and O–H groups in total. The van der Waals surface area contributed by atoms with Crippen LogP contribution in [0.4, 0.5) is 0 Å². The molecule has 0 fully saturated rings. The predicted molar refractivity (Wildman–Crippen MR) is 76.8 cm³/mol. The first-order valence-corrected chi connectivity index (χ1v) is 6.34. The van der Waals surface area contributed by atoms with E-state index < -0.39 is 12.1 Å². The molecule has 0 heterocycles. The molecule has 0 aliphatic carbocycles. The molecular weight excluding hydrogens is 272 g/mol. The Morgan fingerprint density at radius 1 is 1.14 bits per heavy atom. The molecule has 0 amide bonds. The Bertz CT molecular complexity index is 634. The summed E-state index contributed by atoms with van der Waals surface area (Å²) in [5.41, 5.74) is 1.17. The molecular formula is C16H16O5. The summed E-state index contributed by atoms with van der Waals surface area (Å²) < 4.78 is 10.6. The van der Waals surface area contributed by atoms with Gasteiger partial charge < -0.3 is 19.7 Å². The van der Waals surface area contributed by atoms with Gasteiger partial charge in [-0.1, -0.05) is 12.1 Å². The lowest BCUT2D eigenvalue weighted by atomic mass is 10.1. The van der Waals surface area contributed by atoms with E-state index in [1.54, 1.807) is 44.4 Å². The van der Waals surface area contributed by atoms with Crippen molar-refractivity contribution >= 4 is 5.97 Å². The van der Waals surface area contributed by atoms with E-state index in [4.69, 9.17) is 9.47 Å². The van der Waals surface area contributed by atoms with Gasteiger partial charge in [-0.3, -0.25) is 0 Å². The first-order chi connectivity index (χ1) is 10.0. The lowest BCUT2D eigenvalue weighted by Crippen LogP contribution is -2.18. The van der Waals surface area contributed by atoms with Gasteiger partial charge in [-0.05, 0) is 42.8 Å². The van der Waals surface area contributed by atoms with E-state index in [1.165, 1.54) is 12.1 Å². The van der Waals surface area contributed by atoms with Crippen LogP contribution < -0.4 is 9.47 Å². The molecule has 1 atom stereocenters. The molecule has 21 heavy (non-hydrogen) atoms. The average molecular weight is 288 g/mol. The van der Waals surface area contributed by atoms with Gasteiger partial charge in [0.25, 0.3) is 0 Å². The molecule has 0 saturated carbocycles. The first-order valence-electron chi connectivity index (χ1n) is 6.34. The molecule has 2 aromatic carbocycles. The van der Waals surface area contributed by atoms with E-state index in [0.29, 0.717) is 22.6 Å². The van der Waals surface area contributed by atoms with E-state index >= 15 is 0 Å². The molecule has 0 aliphatic rings. The lowest BCUT2D eigenvalue weighted by molar-refractivity contribution is -0.145. The van der Waals surface area contributed by atoms with Gasteiger partial charge in [-0.2, -0.15) is 0 Å². The molecule has 0 aliphatic heterocycles. The van der Waals surface area contributed by atoms with E-state index in [2.05, 4.69) is 0 Å². The van der Waals surface area contributed by atoms with E-state index in [-0.39, 0.29) is 5.75 Å². The van der Waals surface area contributed by atoms with Gasteiger partial charge in [-0.15, -0.1) is 0 Å². The maximum Gasteiger partial charge on any atom is 0.349 e. The van der Waals surface area contributed by atoms with Crippen LogP contribution >= 0.6 is 0 Å². The Morgan fingerprint density at radius 3 is 2.33 bits per heavy atom. The summed E-state index contributed by atoms with van der Waals surface area (Å²) in [6.07, 6.45) is -1.13. The minimum Gasteiger partial charge on any atom is -0.508 e. The zero-order chi connectivity index (χ0) is 15.4. The van der Waals surface area contributed by atoms with Crippen LogP contribution in [0.25, 0.3) is 0 Å². The van der Waals surface area contributed by atoms with Crippen molar-refractivity contribution in [1.82, 2.24) is 0 Å². The molecule has 5 nitrogen and oxygen atoms in total. The number of methoxy groups -OCH3 is 1. The van der Waals surface area contributed by atoms with Crippen LogP contribution in [0.5, 0.6) is 17.2 Å². The number of phenols is 1. The summed E-state index contributed by atoms with van der Waals surface area (Å²) in [6, 6.07) is 11.2. The smallest absolute Gasteiger partial charge is 0.349 e. The molecule has 0 aromatic heterocycles. The number of rotatable bonds is 5. The van der Waals surface area contributed by atoms with Crippen molar-refractivity contribution < 1.29 is 24.5 Å². The van der Waals surface area contributed by atoms with Crippen molar-refractivity contribution in [3.05, 3.63) is 53.6 Å². The largest absolute Gasteiger partial charge is 0.508 e. The fraction of sp³-hybridized carbons (Fsp3) is 0.188. The maximum absolute atomic E-state index is 11.4. The second-order valence-corrected chi connectivity index (χ2v) is 4.56. The summed E-state index contributed by atoms with van der Waals surface area (Å²) in [5, 5.41) is 18.7. The molecule has 5 heteroatoms. The summed E-state index contributed by atoms with van der Waals surface area (Å²) in [4.78, 5) is 11.4. The zero-order valence-corrected chi connectivity index (χ0v) is 11.7. The normalized spacial score (nSPS) is 11.7. The number of hydrogen-bond donors (Lipinski definition) is 2. The summed E-state index contributed by atoms with van der Waals surface area (Å²) in [6.45, 7) is 1.74. The van der Waals surface area contributed by atoms with Crippen molar-refractivity contribution in [2.75, 3.05) is 7.11 Å². The zero-order valence-electron chi connectivity index (χ0n) is 11.7. The van der Waals surface area contributed by atoms with Crippen LogP contribution in [0.15, 0.2) is 42.5 Å². The van der Waals surface area contributed by atoms with Gasteiger partial charge in [0.05, 0.1) is 7.11 Å². The number of carboxylic acid groups (broad SMARTS) is 1. The highest BCUT2D eigenvalue weighted by molar-refractivity contribution is 5.75. The number of ether oxygens (including phenoxy) is 2. The standard InChI is InChI=1S/C16H16O5/c1-10-9-12(17)5-8-14(10)21-15(16(18)19)11-3-6-13(20-2)7-4-11/h3-9,15,17H,1-2H3,(H,18,19). The highest BCUT2D eigenvalue weighted by Gasteiger charge is 2.22. The molecule has 0 radical (unpaired) electrons. The molecule has 110 valence electrons. The number of aliphatic carboxylic acids is 1. The Balaban J connectivity index is 2.28. The summed E-state index contributed by atoms with van der Waals surface area (Å²) in [5.74, 6) is 0.0727. The van der Waals surface area contributed by atoms with Crippen LogP contribution in [0.3, 0.4) is 0 Å². The van der Waals surface area contributed by atoms with Crippen molar-refractivity contribution in [2.45, 2.75) is 13.0 Å². The molecule has 2 aromatic rings. The average Bonchev–Trinajstić information content (AvgIpc) is 2.46. The molecule has 0 saturated heterocycles. The monoisotopic (exact) mass is 288 g/mol. The first kappa shape index (κ1) is 14.7. The van der Waals surface area contributed by atoms with Crippen LogP contribution in [0.1, 0.15) is 17.2 Å². The Kier molecular flexibility index (Phi) is 4.33. The van der Waals surface area contributed by atoms with Crippen LogP contribution in [0.2, 0.25) is 0 Å². The second-order valence-electron chi connectivity index (χ2n) is 4.56. The van der Waals surface area contributed by atoms with Gasteiger partial charge in [0.2, 0.25) is 6.10 Å². The Morgan fingerprint density at radius 2 is 1.81 bits per heavy atom. The number of aromatic hydroxyl groups is 1. The third-order valence-electron chi connectivity index (χ3n) is 3.05. The lowest BCUT2D eigenvalue weighted by Gasteiger charge is -2.17. The van der Waals surface area contributed by atoms with Crippen molar-refractivity contribution in [3.8, 4) is 17.2 Å². The molecule has 2 rings (SSSR count). The molecule has 0 bridgehead atoms. The van der Waals surface area contributed by atoms with E-state index in [0.717, 1.165) is 0 Å². The van der Waals surface area contributed by atoms with Crippen LogP contribution in [0, 0.1) is 6.92 Å². The number of carboxylic acids is 1. The fourth-order valence-electron chi connectivity index (χ4n) is 1.93. The van der Waals surface area contributed by atoms with Gasteiger partial charge in [0.1, 0.15) is 17.2 Å². The third kappa shape index (κ3) is 3.45. The topological polar surface area (TPSA) is 76.0 Å². The number of benzene rings is 2. The van der Waals surface area contributed by atoms with Gasteiger partial charge >= 0.3 is 5.97 Å². The van der Waals surface area contributed by atoms with Gasteiger partial charge in [0.15, 0.2) is 0 Å². The number of aryl methyl sites for hydroxylation is 1. The molecule has 0 spiro atoms. The minimum absolute atomic E-state index is 0.108. The van der Waals surface area contributed by atoms with Crippen molar-refractivity contribution in [1.29, 1.82) is 0 Å². The SMILES string of the molecule is COc1ccc(C(Oc2ccc(O)cc2C)C(=O)O)cc1. The number of carbonyl (C=O) groups is 1. The van der Waals surface area contributed by atoms with Crippen LogP contribution in [-0.4, -0.2) is 23.3 Å². The second kappa shape index (κ2) is 6.17.